The van der Waals surface area contributed by atoms with E-state index in [4.69, 9.17) is 10.3 Å². The van der Waals surface area contributed by atoms with Crippen LogP contribution in [0.3, 0.4) is 0 Å². The highest BCUT2D eigenvalue weighted by atomic mass is 16.5. The SMILES string of the molecule is Cc1noc(C)c1-c1nc(N)c(C)c(-c2ccccc2)n1. The normalized spacial score (nSPS) is 10.8. The van der Waals surface area contributed by atoms with E-state index in [-0.39, 0.29) is 0 Å². The summed E-state index contributed by atoms with van der Waals surface area (Å²) in [7, 11) is 0. The Balaban J connectivity index is 2.24. The number of aromatic nitrogens is 3. The van der Waals surface area contributed by atoms with Gasteiger partial charge in [0.2, 0.25) is 0 Å². The first-order valence-corrected chi connectivity index (χ1v) is 6.70. The highest BCUT2D eigenvalue weighted by molar-refractivity contribution is 5.72. The second-order valence-corrected chi connectivity index (χ2v) is 4.97. The summed E-state index contributed by atoms with van der Waals surface area (Å²) in [6.45, 7) is 5.64. The van der Waals surface area contributed by atoms with Crippen molar-refractivity contribution in [3.05, 3.63) is 47.3 Å². The van der Waals surface area contributed by atoms with E-state index in [1.807, 2.05) is 51.1 Å². The van der Waals surface area contributed by atoms with Crippen LogP contribution < -0.4 is 5.73 Å². The fourth-order valence-electron chi connectivity index (χ4n) is 2.33. The van der Waals surface area contributed by atoms with Crippen molar-refractivity contribution < 1.29 is 4.52 Å². The van der Waals surface area contributed by atoms with E-state index < -0.39 is 0 Å². The maximum Gasteiger partial charge on any atom is 0.167 e. The maximum absolute atomic E-state index is 6.06. The zero-order chi connectivity index (χ0) is 15.0. The summed E-state index contributed by atoms with van der Waals surface area (Å²) in [6, 6.07) is 9.93. The highest BCUT2D eigenvalue weighted by Crippen LogP contribution is 2.30. The molecule has 3 rings (SSSR count). The van der Waals surface area contributed by atoms with Gasteiger partial charge < -0.3 is 10.3 Å². The van der Waals surface area contributed by atoms with Crippen molar-refractivity contribution in [2.75, 3.05) is 5.73 Å². The first kappa shape index (κ1) is 13.3. The third-order valence-corrected chi connectivity index (χ3v) is 3.49. The Labute approximate surface area is 122 Å². The van der Waals surface area contributed by atoms with E-state index >= 15 is 0 Å². The largest absolute Gasteiger partial charge is 0.383 e. The average Bonchev–Trinajstić information content (AvgIpc) is 2.82. The molecule has 0 aliphatic heterocycles. The van der Waals surface area contributed by atoms with Crippen molar-refractivity contribution >= 4 is 5.82 Å². The number of anilines is 1. The molecule has 0 saturated heterocycles. The fraction of sp³-hybridized carbons (Fsp3) is 0.188. The van der Waals surface area contributed by atoms with Crippen LogP contribution >= 0.6 is 0 Å². The Kier molecular flexibility index (Phi) is 3.17. The lowest BCUT2D eigenvalue weighted by molar-refractivity contribution is 0.393. The van der Waals surface area contributed by atoms with Crippen molar-refractivity contribution in [2.45, 2.75) is 20.8 Å². The van der Waals surface area contributed by atoms with Crippen molar-refractivity contribution in [2.24, 2.45) is 0 Å². The van der Waals surface area contributed by atoms with Crippen LogP contribution in [-0.4, -0.2) is 15.1 Å². The van der Waals surface area contributed by atoms with E-state index in [1.54, 1.807) is 0 Å². The quantitative estimate of drug-likeness (QED) is 0.779. The number of rotatable bonds is 2. The molecule has 0 bridgehead atoms. The molecule has 106 valence electrons. The molecule has 0 unspecified atom stereocenters. The number of hydrogen-bond acceptors (Lipinski definition) is 5. The summed E-state index contributed by atoms with van der Waals surface area (Å²) in [5, 5.41) is 3.95. The van der Waals surface area contributed by atoms with Gasteiger partial charge in [-0.15, -0.1) is 0 Å². The standard InChI is InChI=1S/C16H16N4O/c1-9-14(12-7-5-4-6-8-12)18-16(19-15(9)17)13-10(2)20-21-11(13)3/h4-8H,1-3H3,(H2,17,18,19). The van der Waals surface area contributed by atoms with Crippen LogP contribution in [0.15, 0.2) is 34.9 Å². The molecule has 0 aliphatic carbocycles. The molecule has 5 heteroatoms. The molecule has 0 fully saturated rings. The second kappa shape index (κ2) is 5.01. The van der Waals surface area contributed by atoms with Gasteiger partial charge >= 0.3 is 0 Å². The van der Waals surface area contributed by atoms with Gasteiger partial charge in [-0.1, -0.05) is 35.5 Å². The van der Waals surface area contributed by atoms with Crippen LogP contribution in [0.5, 0.6) is 0 Å². The van der Waals surface area contributed by atoms with Crippen LogP contribution in [0.4, 0.5) is 5.82 Å². The number of nitrogen functional groups attached to an aromatic ring is 1. The molecule has 0 radical (unpaired) electrons. The number of hydrogen-bond donors (Lipinski definition) is 1. The molecular formula is C16H16N4O. The van der Waals surface area contributed by atoms with Gasteiger partial charge in [0.25, 0.3) is 0 Å². The minimum absolute atomic E-state index is 0.471. The summed E-state index contributed by atoms with van der Waals surface area (Å²) in [6.07, 6.45) is 0. The molecule has 2 aromatic heterocycles. The lowest BCUT2D eigenvalue weighted by atomic mass is 10.1. The number of aryl methyl sites for hydroxylation is 2. The molecule has 21 heavy (non-hydrogen) atoms. The van der Waals surface area contributed by atoms with Gasteiger partial charge in [-0.3, -0.25) is 0 Å². The van der Waals surface area contributed by atoms with Gasteiger partial charge in [-0.25, -0.2) is 9.97 Å². The van der Waals surface area contributed by atoms with Crippen molar-refractivity contribution in [1.82, 2.24) is 15.1 Å². The minimum atomic E-state index is 0.471. The fourth-order valence-corrected chi connectivity index (χ4v) is 2.33. The van der Waals surface area contributed by atoms with E-state index in [2.05, 4.69) is 15.1 Å². The number of nitrogens with two attached hydrogens (primary N) is 1. The van der Waals surface area contributed by atoms with Crippen molar-refractivity contribution in [3.63, 3.8) is 0 Å². The second-order valence-electron chi connectivity index (χ2n) is 4.97. The summed E-state index contributed by atoms with van der Waals surface area (Å²) in [5.74, 6) is 1.71. The Morgan fingerprint density at radius 2 is 1.71 bits per heavy atom. The van der Waals surface area contributed by atoms with Crippen LogP contribution in [0.2, 0.25) is 0 Å². The first-order chi connectivity index (χ1) is 10.1. The van der Waals surface area contributed by atoms with E-state index in [9.17, 15) is 0 Å². The highest BCUT2D eigenvalue weighted by Gasteiger charge is 2.18. The number of benzene rings is 1. The summed E-state index contributed by atoms with van der Waals surface area (Å²) < 4.78 is 5.19. The molecule has 2 N–H and O–H groups in total. The zero-order valence-corrected chi connectivity index (χ0v) is 12.2. The van der Waals surface area contributed by atoms with E-state index in [0.717, 1.165) is 28.1 Å². The summed E-state index contributed by atoms with van der Waals surface area (Å²) >= 11 is 0. The van der Waals surface area contributed by atoms with Crippen molar-refractivity contribution in [1.29, 1.82) is 0 Å². The smallest absolute Gasteiger partial charge is 0.167 e. The van der Waals surface area contributed by atoms with Crippen LogP contribution in [0, 0.1) is 20.8 Å². The lowest BCUT2D eigenvalue weighted by Crippen LogP contribution is -2.03. The summed E-state index contributed by atoms with van der Waals surface area (Å²) in [4.78, 5) is 9.07. The molecular weight excluding hydrogens is 264 g/mol. The molecule has 5 nitrogen and oxygen atoms in total. The molecule has 0 aliphatic rings. The first-order valence-electron chi connectivity index (χ1n) is 6.70. The van der Waals surface area contributed by atoms with Crippen molar-refractivity contribution in [3.8, 4) is 22.6 Å². The Hall–Kier alpha value is -2.69. The minimum Gasteiger partial charge on any atom is -0.383 e. The third-order valence-electron chi connectivity index (χ3n) is 3.49. The monoisotopic (exact) mass is 280 g/mol. The molecule has 2 heterocycles. The van der Waals surface area contributed by atoms with Crippen LogP contribution in [0.25, 0.3) is 22.6 Å². The van der Waals surface area contributed by atoms with Gasteiger partial charge in [0.15, 0.2) is 5.82 Å². The average molecular weight is 280 g/mol. The molecule has 0 amide bonds. The Bertz CT molecular complexity index is 774. The molecule has 0 spiro atoms. The number of nitrogens with zero attached hydrogens (tertiary/aromatic N) is 3. The maximum atomic E-state index is 6.06. The van der Waals surface area contributed by atoms with Crippen LogP contribution in [0.1, 0.15) is 17.0 Å². The van der Waals surface area contributed by atoms with Gasteiger partial charge in [-0.2, -0.15) is 0 Å². The Morgan fingerprint density at radius 1 is 1.00 bits per heavy atom. The van der Waals surface area contributed by atoms with Crippen LogP contribution in [-0.2, 0) is 0 Å². The molecule has 1 aromatic carbocycles. The van der Waals surface area contributed by atoms with Gasteiger partial charge in [0, 0.05) is 11.1 Å². The van der Waals surface area contributed by atoms with E-state index in [0.29, 0.717) is 17.4 Å². The van der Waals surface area contributed by atoms with Gasteiger partial charge in [0.1, 0.15) is 11.6 Å². The van der Waals surface area contributed by atoms with Gasteiger partial charge in [0.05, 0.1) is 17.0 Å². The molecule has 0 saturated carbocycles. The van der Waals surface area contributed by atoms with Gasteiger partial charge in [-0.05, 0) is 20.8 Å². The predicted octanol–water partition coefficient (Wildman–Crippen LogP) is 3.31. The third kappa shape index (κ3) is 2.27. The zero-order valence-electron chi connectivity index (χ0n) is 12.2. The van der Waals surface area contributed by atoms with E-state index in [1.165, 1.54) is 0 Å². The molecule has 0 atom stereocenters. The topological polar surface area (TPSA) is 77.8 Å². The lowest BCUT2D eigenvalue weighted by Gasteiger charge is -2.10. The summed E-state index contributed by atoms with van der Waals surface area (Å²) in [5.41, 5.74) is 10.3. The molecule has 3 aromatic rings. The Morgan fingerprint density at radius 3 is 2.33 bits per heavy atom. The predicted molar refractivity (Wildman–Crippen MR) is 81.6 cm³/mol.